The van der Waals surface area contributed by atoms with Gasteiger partial charge in [0.1, 0.15) is 11.2 Å². The average molecular weight is 675 g/mol. The molecule has 0 bridgehead atoms. The van der Waals surface area contributed by atoms with Crippen molar-refractivity contribution >= 4 is 87.0 Å². The highest BCUT2D eigenvalue weighted by Gasteiger charge is 2.16. The molecule has 246 valence electrons. The Morgan fingerprint density at radius 2 is 0.906 bits per heavy atom. The second-order valence-electron chi connectivity index (χ2n) is 14.1. The summed E-state index contributed by atoms with van der Waals surface area (Å²) in [5, 5.41) is 13.7. The van der Waals surface area contributed by atoms with Crippen LogP contribution in [0.5, 0.6) is 0 Å². The zero-order valence-corrected chi connectivity index (χ0v) is 28.6. The van der Waals surface area contributed by atoms with Crippen LogP contribution in [-0.2, 0) is 0 Å². The molecule has 0 spiro atoms. The van der Waals surface area contributed by atoms with E-state index in [-0.39, 0.29) is 0 Å². The topological polar surface area (TPSA) is 23.0 Å². The summed E-state index contributed by atoms with van der Waals surface area (Å²) in [5.74, 6) is 0. The fraction of sp³-hybridized carbons (Fsp3) is 0. The van der Waals surface area contributed by atoms with E-state index < -0.39 is 0 Å². The van der Waals surface area contributed by atoms with Gasteiger partial charge in [-0.1, -0.05) is 109 Å². The van der Waals surface area contributed by atoms with Crippen LogP contribution in [-0.4, -0.2) is 9.13 Å². The number of rotatable bonds is 3. The van der Waals surface area contributed by atoms with Crippen LogP contribution in [0.1, 0.15) is 0 Å². The Morgan fingerprint density at radius 3 is 1.72 bits per heavy atom. The number of aromatic nitrogens is 2. The van der Waals surface area contributed by atoms with Gasteiger partial charge in [-0.3, -0.25) is 0 Å². The first kappa shape index (κ1) is 28.6. The SMILES string of the molecule is c1ccc2c(c1)oc1ccc(-n3c4ccccc4c4cc(-c5ccc6ccn(-c7ccc8c9ccccc9c9ccccc9c8c7)c6c5)ccc43)cc12. The molecule has 9 aromatic carbocycles. The van der Waals surface area contributed by atoms with E-state index in [2.05, 4.69) is 179 Å². The minimum absolute atomic E-state index is 0.906. The third kappa shape index (κ3) is 4.10. The van der Waals surface area contributed by atoms with Crippen LogP contribution in [0.4, 0.5) is 0 Å². The molecule has 3 heterocycles. The summed E-state index contributed by atoms with van der Waals surface area (Å²) in [4.78, 5) is 0. The Bertz CT molecular complexity index is 3430. The van der Waals surface area contributed by atoms with Gasteiger partial charge in [0.25, 0.3) is 0 Å². The number of nitrogens with zero attached hydrogens (tertiary/aromatic N) is 2. The number of hydrogen-bond acceptors (Lipinski definition) is 1. The summed E-state index contributed by atoms with van der Waals surface area (Å²) < 4.78 is 10.9. The Labute approximate surface area is 304 Å². The number of fused-ring (bicyclic) bond motifs is 13. The highest BCUT2D eigenvalue weighted by Crippen LogP contribution is 2.39. The Balaban J connectivity index is 1.01. The first-order valence-electron chi connectivity index (χ1n) is 18.2. The first-order chi connectivity index (χ1) is 26.3. The van der Waals surface area contributed by atoms with Crippen molar-refractivity contribution in [1.82, 2.24) is 9.13 Å². The quantitative estimate of drug-likeness (QED) is 0.171. The number of furan rings is 1. The Morgan fingerprint density at radius 1 is 0.321 bits per heavy atom. The molecule has 0 saturated heterocycles. The molecule has 0 radical (unpaired) electrons. The van der Waals surface area contributed by atoms with E-state index in [1.54, 1.807) is 0 Å². The minimum atomic E-state index is 0.906. The predicted molar refractivity (Wildman–Crippen MR) is 223 cm³/mol. The first-order valence-corrected chi connectivity index (χ1v) is 18.2. The van der Waals surface area contributed by atoms with Gasteiger partial charge in [-0.25, -0.2) is 0 Å². The van der Waals surface area contributed by atoms with Gasteiger partial charge >= 0.3 is 0 Å². The van der Waals surface area contributed by atoms with Crippen molar-refractivity contribution in [2.45, 2.75) is 0 Å². The number of hydrogen-bond donors (Lipinski definition) is 0. The second-order valence-corrected chi connectivity index (χ2v) is 14.1. The zero-order valence-electron chi connectivity index (χ0n) is 28.6. The maximum atomic E-state index is 6.17. The van der Waals surface area contributed by atoms with E-state index in [9.17, 15) is 0 Å². The van der Waals surface area contributed by atoms with E-state index in [0.717, 1.165) is 33.3 Å². The van der Waals surface area contributed by atoms with Crippen LogP contribution in [0, 0.1) is 0 Å². The lowest BCUT2D eigenvalue weighted by atomic mass is 9.94. The van der Waals surface area contributed by atoms with Crippen molar-refractivity contribution in [2.75, 3.05) is 0 Å². The normalized spacial score (nSPS) is 12.2. The molecule has 0 amide bonds. The molecule has 53 heavy (non-hydrogen) atoms. The van der Waals surface area contributed by atoms with Crippen LogP contribution >= 0.6 is 0 Å². The van der Waals surface area contributed by atoms with Gasteiger partial charge < -0.3 is 13.6 Å². The van der Waals surface area contributed by atoms with Gasteiger partial charge in [0.2, 0.25) is 0 Å². The predicted octanol–water partition coefficient (Wildman–Crippen LogP) is 13.8. The van der Waals surface area contributed by atoms with Crippen LogP contribution in [0.15, 0.2) is 187 Å². The molecule has 0 saturated carbocycles. The van der Waals surface area contributed by atoms with Crippen LogP contribution in [0.2, 0.25) is 0 Å². The summed E-state index contributed by atoms with van der Waals surface area (Å²) in [7, 11) is 0. The average Bonchev–Trinajstić information content (AvgIpc) is 3.92. The molecule has 0 aliphatic rings. The molecular formula is C50H30N2O. The number of benzene rings is 9. The lowest BCUT2D eigenvalue weighted by Gasteiger charge is -2.13. The van der Waals surface area contributed by atoms with E-state index >= 15 is 0 Å². The van der Waals surface area contributed by atoms with E-state index in [0.29, 0.717) is 0 Å². The molecule has 0 unspecified atom stereocenters. The molecular weight excluding hydrogens is 645 g/mol. The molecule has 0 aliphatic heterocycles. The van der Waals surface area contributed by atoms with Gasteiger partial charge in [-0.05, 0) is 116 Å². The molecule has 12 rings (SSSR count). The number of para-hydroxylation sites is 2. The van der Waals surface area contributed by atoms with Crippen molar-refractivity contribution in [3.05, 3.63) is 182 Å². The highest BCUT2D eigenvalue weighted by atomic mass is 16.3. The second kappa shape index (κ2) is 10.7. The summed E-state index contributed by atoms with van der Waals surface area (Å²) >= 11 is 0. The highest BCUT2D eigenvalue weighted by molar-refractivity contribution is 6.25. The maximum Gasteiger partial charge on any atom is 0.135 e. The third-order valence-electron chi connectivity index (χ3n) is 11.3. The van der Waals surface area contributed by atoms with Crippen molar-refractivity contribution in [3.63, 3.8) is 0 Å². The monoisotopic (exact) mass is 674 g/mol. The van der Waals surface area contributed by atoms with Crippen molar-refractivity contribution in [3.8, 4) is 22.5 Å². The zero-order chi connectivity index (χ0) is 34.6. The summed E-state index contributed by atoms with van der Waals surface area (Å²) in [6.45, 7) is 0. The van der Waals surface area contributed by atoms with Gasteiger partial charge in [0, 0.05) is 39.1 Å². The van der Waals surface area contributed by atoms with Crippen molar-refractivity contribution in [1.29, 1.82) is 0 Å². The molecule has 0 atom stereocenters. The summed E-state index contributed by atoms with van der Waals surface area (Å²) in [6, 6.07) is 64.0. The molecule has 0 N–H and O–H groups in total. The van der Waals surface area contributed by atoms with Crippen molar-refractivity contribution < 1.29 is 4.42 Å². The van der Waals surface area contributed by atoms with E-state index in [4.69, 9.17) is 4.42 Å². The standard InChI is InChI=1S/C50H30N2O/c1-2-11-38-36(9-1)37-10-3-4-12-39(37)43-29-34(20-22-40(38)43)51-26-25-31-17-18-33(28-48(31)51)32-19-23-47-44(27-32)41-13-5-7-15-46(41)52(47)35-21-24-50-45(30-35)42-14-6-8-16-49(42)53-50/h1-30H. The van der Waals surface area contributed by atoms with E-state index in [1.165, 1.54) is 76.2 Å². The van der Waals surface area contributed by atoms with Crippen molar-refractivity contribution in [2.24, 2.45) is 0 Å². The maximum absolute atomic E-state index is 6.17. The van der Waals surface area contributed by atoms with E-state index in [1.807, 2.05) is 12.1 Å². The molecule has 3 heteroatoms. The van der Waals surface area contributed by atoms with Crippen LogP contribution in [0.25, 0.3) is 109 Å². The molecule has 0 aliphatic carbocycles. The lowest BCUT2D eigenvalue weighted by molar-refractivity contribution is 0.669. The van der Waals surface area contributed by atoms with Crippen LogP contribution in [0.3, 0.4) is 0 Å². The Hall–Kier alpha value is -7.10. The van der Waals surface area contributed by atoms with Crippen LogP contribution < -0.4 is 0 Å². The van der Waals surface area contributed by atoms with Gasteiger partial charge in [-0.15, -0.1) is 0 Å². The molecule has 0 fully saturated rings. The fourth-order valence-electron chi connectivity index (χ4n) is 8.86. The Kier molecular flexibility index (Phi) is 5.77. The summed E-state index contributed by atoms with van der Waals surface area (Å²) in [6.07, 6.45) is 2.20. The smallest absolute Gasteiger partial charge is 0.135 e. The minimum Gasteiger partial charge on any atom is -0.456 e. The lowest BCUT2D eigenvalue weighted by Crippen LogP contribution is -1.94. The fourth-order valence-corrected chi connectivity index (χ4v) is 8.86. The van der Waals surface area contributed by atoms with Gasteiger partial charge in [0.15, 0.2) is 0 Å². The van der Waals surface area contributed by atoms with Gasteiger partial charge in [-0.2, -0.15) is 0 Å². The van der Waals surface area contributed by atoms with Gasteiger partial charge in [0.05, 0.1) is 16.6 Å². The largest absolute Gasteiger partial charge is 0.456 e. The molecule has 3 nitrogen and oxygen atoms in total. The molecule has 12 aromatic rings. The summed E-state index contributed by atoms with van der Waals surface area (Å²) in [5.41, 5.74) is 10.1. The third-order valence-corrected chi connectivity index (χ3v) is 11.3. The molecule has 3 aromatic heterocycles.